The molecule has 1 rings (SSSR count). The highest BCUT2D eigenvalue weighted by molar-refractivity contribution is 5.72. The van der Waals surface area contributed by atoms with Crippen molar-refractivity contribution in [2.45, 2.75) is 45.1 Å². The highest BCUT2D eigenvalue weighted by atomic mass is 16.5. The quantitative estimate of drug-likeness (QED) is 0.533. The number of hydrogen-bond donors (Lipinski definition) is 1. The van der Waals surface area contributed by atoms with Gasteiger partial charge in [-0.1, -0.05) is 13.3 Å². The van der Waals surface area contributed by atoms with Gasteiger partial charge in [-0.15, -0.1) is 0 Å². The van der Waals surface area contributed by atoms with Crippen molar-refractivity contribution in [3.63, 3.8) is 0 Å². The summed E-state index contributed by atoms with van der Waals surface area (Å²) in [6, 6.07) is 0.212. The SMILES string of the molecule is CCCCOC(=O)[C@@H]1CC[C@H](N)C1. The molecule has 3 nitrogen and oxygen atoms in total. The predicted molar refractivity (Wildman–Crippen MR) is 51.2 cm³/mol. The van der Waals surface area contributed by atoms with Gasteiger partial charge in [-0.3, -0.25) is 4.79 Å². The summed E-state index contributed by atoms with van der Waals surface area (Å²) in [5.41, 5.74) is 5.71. The van der Waals surface area contributed by atoms with Gasteiger partial charge in [0.1, 0.15) is 0 Å². The van der Waals surface area contributed by atoms with E-state index in [1.165, 1.54) is 0 Å². The zero-order valence-electron chi connectivity index (χ0n) is 8.29. The van der Waals surface area contributed by atoms with Gasteiger partial charge in [0.05, 0.1) is 12.5 Å². The molecule has 76 valence electrons. The second-order valence-corrected chi connectivity index (χ2v) is 3.79. The first-order valence-corrected chi connectivity index (χ1v) is 5.16. The number of nitrogens with two attached hydrogens (primary N) is 1. The molecule has 0 spiro atoms. The molecule has 2 atom stereocenters. The Labute approximate surface area is 79.6 Å². The van der Waals surface area contributed by atoms with Crippen molar-refractivity contribution in [2.75, 3.05) is 6.61 Å². The number of ether oxygens (including phenoxy) is 1. The van der Waals surface area contributed by atoms with E-state index >= 15 is 0 Å². The third kappa shape index (κ3) is 3.35. The average molecular weight is 185 g/mol. The van der Waals surface area contributed by atoms with E-state index in [1.807, 2.05) is 0 Å². The molecular weight excluding hydrogens is 166 g/mol. The summed E-state index contributed by atoms with van der Waals surface area (Å²) in [6.07, 6.45) is 4.71. The summed E-state index contributed by atoms with van der Waals surface area (Å²) in [6.45, 7) is 2.65. The van der Waals surface area contributed by atoms with Crippen molar-refractivity contribution in [3.05, 3.63) is 0 Å². The van der Waals surface area contributed by atoms with Crippen molar-refractivity contribution in [3.8, 4) is 0 Å². The monoisotopic (exact) mass is 185 g/mol. The van der Waals surface area contributed by atoms with Crippen molar-refractivity contribution < 1.29 is 9.53 Å². The van der Waals surface area contributed by atoms with Gasteiger partial charge in [0.2, 0.25) is 0 Å². The number of esters is 1. The first kappa shape index (κ1) is 10.5. The van der Waals surface area contributed by atoms with Gasteiger partial charge >= 0.3 is 5.97 Å². The van der Waals surface area contributed by atoms with E-state index in [0.717, 1.165) is 32.1 Å². The van der Waals surface area contributed by atoms with E-state index < -0.39 is 0 Å². The third-order valence-electron chi connectivity index (χ3n) is 2.55. The maximum Gasteiger partial charge on any atom is 0.308 e. The lowest BCUT2D eigenvalue weighted by molar-refractivity contribution is -0.148. The number of carbonyl (C=O) groups excluding carboxylic acids is 1. The van der Waals surface area contributed by atoms with Crippen molar-refractivity contribution >= 4 is 5.97 Å². The highest BCUT2D eigenvalue weighted by Crippen LogP contribution is 2.25. The van der Waals surface area contributed by atoms with Gasteiger partial charge in [0.25, 0.3) is 0 Å². The number of rotatable bonds is 4. The zero-order chi connectivity index (χ0) is 9.68. The molecule has 2 N–H and O–H groups in total. The fourth-order valence-electron chi connectivity index (χ4n) is 1.67. The lowest BCUT2D eigenvalue weighted by atomic mass is 10.1. The Bertz CT molecular complexity index is 170. The fraction of sp³-hybridized carbons (Fsp3) is 0.900. The van der Waals surface area contributed by atoms with Crippen LogP contribution >= 0.6 is 0 Å². The number of unbranched alkanes of at least 4 members (excludes halogenated alkanes) is 1. The molecule has 0 aliphatic heterocycles. The molecule has 0 heterocycles. The Morgan fingerprint density at radius 1 is 1.54 bits per heavy atom. The zero-order valence-corrected chi connectivity index (χ0v) is 8.29. The maximum atomic E-state index is 11.4. The van der Waals surface area contributed by atoms with Crippen LogP contribution in [0, 0.1) is 5.92 Å². The van der Waals surface area contributed by atoms with Crippen LogP contribution in [0.3, 0.4) is 0 Å². The maximum absolute atomic E-state index is 11.4. The Hall–Kier alpha value is -0.570. The topological polar surface area (TPSA) is 52.3 Å². The molecule has 1 aliphatic rings. The van der Waals surface area contributed by atoms with Crippen molar-refractivity contribution in [1.29, 1.82) is 0 Å². The van der Waals surface area contributed by atoms with Gasteiger partial charge in [0.15, 0.2) is 0 Å². The second kappa shape index (κ2) is 5.22. The molecule has 0 aromatic heterocycles. The summed E-state index contributed by atoms with van der Waals surface area (Å²) in [4.78, 5) is 11.4. The molecule has 0 bridgehead atoms. The molecule has 0 unspecified atom stereocenters. The van der Waals surface area contributed by atoms with E-state index in [0.29, 0.717) is 6.61 Å². The van der Waals surface area contributed by atoms with Gasteiger partial charge < -0.3 is 10.5 Å². The Kier molecular flexibility index (Phi) is 4.22. The van der Waals surface area contributed by atoms with Crippen LogP contribution in [0.15, 0.2) is 0 Å². The van der Waals surface area contributed by atoms with Crippen molar-refractivity contribution in [1.82, 2.24) is 0 Å². The van der Waals surface area contributed by atoms with Crippen LogP contribution in [-0.4, -0.2) is 18.6 Å². The van der Waals surface area contributed by atoms with Gasteiger partial charge in [0, 0.05) is 6.04 Å². The van der Waals surface area contributed by atoms with Crippen LogP contribution in [-0.2, 0) is 9.53 Å². The molecule has 0 amide bonds. The minimum atomic E-state index is -0.0404. The van der Waals surface area contributed by atoms with Crippen LogP contribution in [0.5, 0.6) is 0 Å². The van der Waals surface area contributed by atoms with E-state index in [4.69, 9.17) is 10.5 Å². The number of hydrogen-bond acceptors (Lipinski definition) is 3. The molecule has 0 aromatic carbocycles. The third-order valence-corrected chi connectivity index (χ3v) is 2.55. The largest absolute Gasteiger partial charge is 0.465 e. The molecular formula is C10H19NO2. The lowest BCUT2D eigenvalue weighted by Crippen LogP contribution is -2.19. The lowest BCUT2D eigenvalue weighted by Gasteiger charge is -2.09. The predicted octanol–water partition coefficient (Wildman–Crippen LogP) is 1.46. The van der Waals surface area contributed by atoms with E-state index in [9.17, 15) is 4.79 Å². The Morgan fingerprint density at radius 2 is 2.31 bits per heavy atom. The van der Waals surface area contributed by atoms with Crippen LogP contribution in [0.1, 0.15) is 39.0 Å². The van der Waals surface area contributed by atoms with Crippen molar-refractivity contribution in [2.24, 2.45) is 11.7 Å². The standard InChI is InChI=1S/C10H19NO2/c1-2-3-6-13-10(12)8-4-5-9(11)7-8/h8-9H,2-7,11H2,1H3/t8-,9+/m1/s1. The fourth-order valence-corrected chi connectivity index (χ4v) is 1.67. The minimum absolute atomic E-state index is 0.0404. The van der Waals surface area contributed by atoms with E-state index in [2.05, 4.69) is 6.92 Å². The summed E-state index contributed by atoms with van der Waals surface area (Å²) in [7, 11) is 0. The summed E-state index contributed by atoms with van der Waals surface area (Å²) in [5, 5.41) is 0. The van der Waals surface area contributed by atoms with Crippen LogP contribution in [0.2, 0.25) is 0 Å². The normalized spacial score (nSPS) is 27.5. The highest BCUT2D eigenvalue weighted by Gasteiger charge is 2.28. The molecule has 13 heavy (non-hydrogen) atoms. The molecule has 0 radical (unpaired) electrons. The van der Waals surface area contributed by atoms with Gasteiger partial charge in [-0.05, 0) is 25.7 Å². The molecule has 3 heteroatoms. The minimum Gasteiger partial charge on any atom is -0.465 e. The van der Waals surface area contributed by atoms with Gasteiger partial charge in [-0.2, -0.15) is 0 Å². The second-order valence-electron chi connectivity index (χ2n) is 3.79. The first-order valence-electron chi connectivity index (χ1n) is 5.16. The Morgan fingerprint density at radius 3 is 2.85 bits per heavy atom. The van der Waals surface area contributed by atoms with Crippen LogP contribution < -0.4 is 5.73 Å². The van der Waals surface area contributed by atoms with E-state index in [-0.39, 0.29) is 17.9 Å². The van der Waals surface area contributed by atoms with E-state index in [1.54, 1.807) is 0 Å². The van der Waals surface area contributed by atoms with Crippen LogP contribution in [0.4, 0.5) is 0 Å². The average Bonchev–Trinajstić information content (AvgIpc) is 2.52. The Balaban J connectivity index is 2.16. The molecule has 0 aromatic rings. The molecule has 0 saturated heterocycles. The summed E-state index contributed by atoms with van der Waals surface area (Å²) < 4.78 is 5.12. The summed E-state index contributed by atoms with van der Waals surface area (Å²) in [5.74, 6) is 0.0354. The van der Waals surface area contributed by atoms with Gasteiger partial charge in [-0.25, -0.2) is 0 Å². The molecule has 1 fully saturated rings. The smallest absolute Gasteiger partial charge is 0.308 e. The molecule has 1 aliphatic carbocycles. The molecule has 1 saturated carbocycles. The van der Waals surface area contributed by atoms with Crippen LogP contribution in [0.25, 0.3) is 0 Å². The number of carbonyl (C=O) groups is 1. The summed E-state index contributed by atoms with van der Waals surface area (Å²) >= 11 is 0. The first-order chi connectivity index (χ1) is 6.24.